The number of aromatic nitrogens is 2. The number of hydrogen-bond donors (Lipinski definition) is 1. The summed E-state index contributed by atoms with van der Waals surface area (Å²) in [5.74, 6) is 0.604. The fraction of sp³-hybridized carbons (Fsp3) is 0.400. The van der Waals surface area contributed by atoms with Gasteiger partial charge in [0.2, 0.25) is 5.88 Å². The first kappa shape index (κ1) is 25.6. The van der Waals surface area contributed by atoms with Gasteiger partial charge in [0.05, 0.1) is 16.8 Å². The predicted molar refractivity (Wildman–Crippen MR) is 130 cm³/mol. The summed E-state index contributed by atoms with van der Waals surface area (Å²) in [6, 6.07) is 14.4. The van der Waals surface area contributed by atoms with Crippen molar-refractivity contribution in [1.29, 1.82) is 0 Å². The Labute approximate surface area is 207 Å². The highest BCUT2D eigenvalue weighted by molar-refractivity contribution is 7.92. The number of nitrogens with zero attached hydrogens (tertiary/aromatic N) is 3. The van der Waals surface area contributed by atoms with E-state index >= 15 is 0 Å². The highest BCUT2D eigenvalue weighted by atomic mass is 32.2. The lowest BCUT2D eigenvalue weighted by Gasteiger charge is -2.27. The fourth-order valence-corrected chi connectivity index (χ4v) is 4.57. The molecule has 0 saturated carbocycles. The first-order valence-corrected chi connectivity index (χ1v) is 12.3. The van der Waals surface area contributed by atoms with Gasteiger partial charge in [-0.2, -0.15) is 18.7 Å². The van der Waals surface area contributed by atoms with Gasteiger partial charge in [-0.25, -0.2) is 8.59 Å². The number of halogens is 3. The number of rotatable bonds is 9. The average Bonchev–Trinajstić information content (AvgIpc) is 3.49. The molecule has 1 saturated heterocycles. The van der Waals surface area contributed by atoms with E-state index in [1.54, 1.807) is 10.7 Å². The van der Waals surface area contributed by atoms with E-state index in [4.69, 9.17) is 9.02 Å². The van der Waals surface area contributed by atoms with Crippen molar-refractivity contribution in [3.05, 3.63) is 65.7 Å². The van der Waals surface area contributed by atoms with Crippen LogP contribution in [0.4, 0.5) is 13.2 Å². The van der Waals surface area contributed by atoms with Crippen molar-refractivity contribution in [2.24, 2.45) is 0 Å². The Morgan fingerprint density at radius 1 is 1.00 bits per heavy atom. The molecule has 1 aliphatic rings. The van der Waals surface area contributed by atoms with E-state index in [-0.39, 0.29) is 5.75 Å². The Balaban J connectivity index is 1.49. The van der Waals surface area contributed by atoms with Crippen LogP contribution in [0, 0.1) is 0 Å². The standard InChI is InChI=1S/C25H29F3N4O2S/c1-4-32-22(17-23(29-32)33-21-12-10-19(11-13-21)25(26,27)28)18-8-7-9-20(16-18)24(2,3)30-34-35-31-14-5-6-15-31/h7-13,16-17,30H,4-6,14-15H2,1-3H3. The van der Waals surface area contributed by atoms with Crippen LogP contribution in [0.2, 0.25) is 0 Å². The van der Waals surface area contributed by atoms with Crippen LogP contribution in [0.3, 0.4) is 0 Å². The zero-order chi connectivity index (χ0) is 25.1. The minimum atomic E-state index is -4.39. The van der Waals surface area contributed by atoms with Crippen LogP contribution in [0.25, 0.3) is 11.3 Å². The van der Waals surface area contributed by atoms with Crippen LogP contribution < -0.4 is 10.2 Å². The Bertz CT molecular complexity index is 1130. The van der Waals surface area contributed by atoms with E-state index in [2.05, 4.69) is 21.0 Å². The second kappa shape index (κ2) is 10.6. The molecule has 188 valence electrons. The Kier molecular flexibility index (Phi) is 7.75. The third kappa shape index (κ3) is 6.38. The zero-order valence-electron chi connectivity index (χ0n) is 19.9. The second-order valence-electron chi connectivity index (χ2n) is 8.91. The molecule has 1 aliphatic heterocycles. The summed E-state index contributed by atoms with van der Waals surface area (Å²) in [7, 11) is 0. The fourth-order valence-electron chi connectivity index (χ4n) is 3.81. The first-order valence-electron chi connectivity index (χ1n) is 11.6. The zero-order valence-corrected chi connectivity index (χ0v) is 20.7. The number of alkyl halides is 3. The lowest BCUT2D eigenvalue weighted by molar-refractivity contribution is -0.137. The molecule has 3 aromatic rings. The van der Waals surface area contributed by atoms with Crippen LogP contribution in [-0.4, -0.2) is 27.2 Å². The van der Waals surface area contributed by atoms with Crippen molar-refractivity contribution < 1.29 is 22.2 Å². The molecule has 0 aliphatic carbocycles. The quantitative estimate of drug-likeness (QED) is 0.196. The summed E-state index contributed by atoms with van der Waals surface area (Å²) in [5.41, 5.74) is 4.82. The Hall–Kier alpha value is -2.53. The van der Waals surface area contributed by atoms with Crippen LogP contribution >= 0.6 is 12.2 Å². The van der Waals surface area contributed by atoms with E-state index in [0.29, 0.717) is 12.4 Å². The van der Waals surface area contributed by atoms with Gasteiger partial charge < -0.3 is 4.74 Å². The first-order chi connectivity index (χ1) is 16.7. The predicted octanol–water partition coefficient (Wildman–Crippen LogP) is 6.80. The summed E-state index contributed by atoms with van der Waals surface area (Å²) in [6.07, 6.45) is -2.00. The summed E-state index contributed by atoms with van der Waals surface area (Å²) >= 11 is 1.35. The maximum Gasteiger partial charge on any atom is 0.416 e. The van der Waals surface area contributed by atoms with Gasteiger partial charge in [0, 0.05) is 31.3 Å². The van der Waals surface area contributed by atoms with E-state index in [1.807, 2.05) is 39.0 Å². The van der Waals surface area contributed by atoms with Gasteiger partial charge in [-0.3, -0.25) is 4.68 Å². The van der Waals surface area contributed by atoms with Crippen molar-refractivity contribution in [1.82, 2.24) is 19.6 Å². The van der Waals surface area contributed by atoms with E-state index in [0.717, 1.165) is 42.0 Å². The van der Waals surface area contributed by atoms with E-state index in [1.165, 1.54) is 37.2 Å². The molecule has 0 atom stereocenters. The lowest BCUT2D eigenvalue weighted by atomic mass is 9.93. The molecule has 35 heavy (non-hydrogen) atoms. The van der Waals surface area contributed by atoms with Crippen LogP contribution in [-0.2, 0) is 22.5 Å². The molecule has 10 heteroatoms. The number of ether oxygens (including phenoxy) is 1. The average molecular weight is 507 g/mol. The molecule has 0 amide bonds. The highest BCUT2D eigenvalue weighted by Gasteiger charge is 2.30. The van der Waals surface area contributed by atoms with Crippen molar-refractivity contribution in [2.75, 3.05) is 13.1 Å². The number of hydroxylamine groups is 1. The summed E-state index contributed by atoms with van der Waals surface area (Å²) in [4.78, 5) is 0. The molecule has 0 bridgehead atoms. The highest BCUT2D eigenvalue weighted by Crippen LogP contribution is 2.33. The van der Waals surface area contributed by atoms with Crippen molar-refractivity contribution >= 4 is 12.2 Å². The van der Waals surface area contributed by atoms with Crippen molar-refractivity contribution in [3.8, 4) is 22.9 Å². The SMILES string of the molecule is CCn1nc(Oc2ccc(C(F)(F)F)cc2)cc1-c1cccc(C(C)(C)NOSN2CCCC2)c1. The second-order valence-corrected chi connectivity index (χ2v) is 9.74. The van der Waals surface area contributed by atoms with Gasteiger partial charge in [-0.05, 0) is 69.5 Å². The maximum absolute atomic E-state index is 12.8. The summed E-state index contributed by atoms with van der Waals surface area (Å²) in [5, 5.41) is 4.48. The number of benzene rings is 2. The van der Waals surface area contributed by atoms with Crippen LogP contribution in [0.5, 0.6) is 11.6 Å². The van der Waals surface area contributed by atoms with Gasteiger partial charge in [-0.1, -0.05) is 18.2 Å². The van der Waals surface area contributed by atoms with E-state index in [9.17, 15) is 13.2 Å². The summed E-state index contributed by atoms with van der Waals surface area (Å²) in [6.45, 7) is 8.73. The molecule has 1 aromatic heterocycles. The largest absolute Gasteiger partial charge is 0.438 e. The molecule has 0 spiro atoms. The topological polar surface area (TPSA) is 51.6 Å². The maximum atomic E-state index is 12.8. The molecule has 6 nitrogen and oxygen atoms in total. The van der Waals surface area contributed by atoms with Gasteiger partial charge >= 0.3 is 6.18 Å². The molecular weight excluding hydrogens is 477 g/mol. The van der Waals surface area contributed by atoms with Crippen LogP contribution in [0.1, 0.15) is 44.7 Å². The minimum Gasteiger partial charge on any atom is -0.438 e. The number of hydrogen-bond acceptors (Lipinski definition) is 6. The molecule has 1 N–H and O–H groups in total. The monoisotopic (exact) mass is 506 g/mol. The third-order valence-corrected chi connectivity index (χ3v) is 6.58. The minimum absolute atomic E-state index is 0.289. The Morgan fingerprint density at radius 3 is 2.37 bits per heavy atom. The third-order valence-electron chi connectivity index (χ3n) is 5.85. The smallest absolute Gasteiger partial charge is 0.416 e. The van der Waals surface area contributed by atoms with Gasteiger partial charge in [0.1, 0.15) is 18.0 Å². The molecule has 4 rings (SSSR count). The normalized spacial score (nSPS) is 15.0. The number of aryl methyl sites for hydroxylation is 1. The molecule has 0 unspecified atom stereocenters. The number of nitrogens with one attached hydrogen (secondary N) is 1. The molecule has 0 radical (unpaired) electrons. The molecular formula is C25H29F3N4O2S. The van der Waals surface area contributed by atoms with E-state index < -0.39 is 17.3 Å². The molecule has 2 heterocycles. The Morgan fingerprint density at radius 2 is 1.71 bits per heavy atom. The van der Waals surface area contributed by atoms with Gasteiger partial charge in [0.25, 0.3) is 0 Å². The van der Waals surface area contributed by atoms with Crippen molar-refractivity contribution in [2.45, 2.75) is 51.9 Å². The molecule has 2 aromatic carbocycles. The molecule has 1 fully saturated rings. The summed E-state index contributed by atoms with van der Waals surface area (Å²) < 4.78 is 53.9. The lowest BCUT2D eigenvalue weighted by Crippen LogP contribution is -2.35. The van der Waals surface area contributed by atoms with Crippen LogP contribution in [0.15, 0.2) is 54.6 Å². The van der Waals surface area contributed by atoms with Gasteiger partial charge in [-0.15, -0.1) is 5.10 Å². The van der Waals surface area contributed by atoms with Gasteiger partial charge in [0.15, 0.2) is 0 Å². The van der Waals surface area contributed by atoms with Crippen molar-refractivity contribution in [3.63, 3.8) is 0 Å².